The van der Waals surface area contributed by atoms with Crippen LogP contribution in [0.25, 0.3) is 22.0 Å². The van der Waals surface area contributed by atoms with E-state index in [2.05, 4.69) is 9.82 Å². The van der Waals surface area contributed by atoms with Crippen LogP contribution in [-0.4, -0.2) is 29.4 Å². The zero-order valence-corrected chi connectivity index (χ0v) is 18.1. The molecule has 3 N–H and O–H groups in total. The molecule has 0 atom stereocenters. The van der Waals surface area contributed by atoms with Gasteiger partial charge in [0.05, 0.1) is 17.6 Å². The summed E-state index contributed by atoms with van der Waals surface area (Å²) in [6.07, 6.45) is -1.67. The normalized spacial score (nSPS) is 11.4. The van der Waals surface area contributed by atoms with Gasteiger partial charge in [0.25, 0.3) is 5.56 Å². The Kier molecular flexibility index (Phi) is 6.20. The molecule has 0 aliphatic rings. The van der Waals surface area contributed by atoms with Crippen molar-refractivity contribution in [3.8, 4) is 11.3 Å². The third-order valence-corrected chi connectivity index (χ3v) is 5.90. The summed E-state index contributed by atoms with van der Waals surface area (Å²) in [4.78, 5) is 23.7. The Morgan fingerprint density at radius 2 is 1.58 bits per heavy atom. The molecule has 0 bridgehead atoms. The molecule has 0 radical (unpaired) electrons. The van der Waals surface area contributed by atoms with Crippen LogP contribution in [0.1, 0.15) is 11.1 Å². The molecule has 33 heavy (non-hydrogen) atoms. The molecule has 0 saturated heterocycles. The Bertz CT molecular complexity index is 1480. The second kappa shape index (κ2) is 9.23. The van der Waals surface area contributed by atoms with Crippen LogP contribution in [0.4, 0.5) is 4.79 Å². The summed E-state index contributed by atoms with van der Waals surface area (Å²) in [6.45, 7) is 0.176. The average Bonchev–Trinajstić information content (AvgIpc) is 2.80. The Morgan fingerprint density at radius 3 is 2.30 bits per heavy atom. The molecule has 0 unspecified atom stereocenters. The average molecular weight is 465 g/mol. The van der Waals surface area contributed by atoms with Gasteiger partial charge in [-0.25, -0.2) is 14.2 Å². The fourth-order valence-corrected chi connectivity index (χ4v) is 4.13. The Balaban J connectivity index is 1.73. The molecule has 4 aromatic rings. The van der Waals surface area contributed by atoms with Gasteiger partial charge in [-0.2, -0.15) is 18.2 Å². The van der Waals surface area contributed by atoms with Crippen LogP contribution in [0.2, 0.25) is 0 Å². The van der Waals surface area contributed by atoms with Crippen molar-refractivity contribution < 1.29 is 18.3 Å². The van der Waals surface area contributed by atoms with Gasteiger partial charge in [0.15, 0.2) is 0 Å². The molecule has 3 aromatic carbocycles. The lowest BCUT2D eigenvalue weighted by atomic mass is 10.0. The van der Waals surface area contributed by atoms with E-state index in [1.165, 1.54) is 9.40 Å². The van der Waals surface area contributed by atoms with Crippen molar-refractivity contribution in [1.29, 1.82) is 0 Å². The maximum Gasteiger partial charge on any atom is 0.419 e. The number of nitrogens with zero attached hydrogens (tertiary/aromatic N) is 2. The summed E-state index contributed by atoms with van der Waals surface area (Å²) in [7, 11) is -4.20. The fraction of sp³-hybridized carbons (Fsp3) is 0.0870. The largest absolute Gasteiger partial charge is 0.464 e. The molecule has 0 fully saturated rings. The highest BCUT2D eigenvalue weighted by Crippen LogP contribution is 2.25. The third-order valence-electron chi connectivity index (χ3n) is 4.93. The maximum atomic E-state index is 13.1. The van der Waals surface area contributed by atoms with Gasteiger partial charge in [-0.1, -0.05) is 66.7 Å². The minimum atomic E-state index is -4.20. The van der Waals surface area contributed by atoms with Crippen LogP contribution in [0, 0.1) is 0 Å². The van der Waals surface area contributed by atoms with Crippen molar-refractivity contribution in [2.75, 3.05) is 0 Å². The van der Waals surface area contributed by atoms with Crippen molar-refractivity contribution in [3.63, 3.8) is 0 Å². The van der Waals surface area contributed by atoms with E-state index in [0.29, 0.717) is 34.1 Å². The van der Waals surface area contributed by atoms with Gasteiger partial charge in [-0.3, -0.25) is 4.79 Å². The van der Waals surface area contributed by atoms with Crippen LogP contribution < -0.4 is 15.0 Å². The minimum Gasteiger partial charge on any atom is -0.464 e. The van der Waals surface area contributed by atoms with Gasteiger partial charge in [0.1, 0.15) is 0 Å². The number of hydrogen-bond acceptors (Lipinski definition) is 5. The van der Waals surface area contributed by atoms with Crippen LogP contribution in [-0.2, 0) is 23.3 Å². The number of benzene rings is 3. The highest BCUT2D eigenvalue weighted by atomic mass is 32.2. The number of fused-ring (bicyclic) bond motifs is 1. The lowest BCUT2D eigenvalue weighted by molar-refractivity contribution is 0.201. The molecule has 0 spiro atoms. The van der Waals surface area contributed by atoms with Crippen molar-refractivity contribution >= 4 is 27.1 Å². The molecular weight excluding hydrogens is 444 g/mol. The smallest absolute Gasteiger partial charge is 0.419 e. The second-order valence-corrected chi connectivity index (χ2v) is 8.77. The highest BCUT2D eigenvalue weighted by Gasteiger charge is 2.15. The molecule has 0 aliphatic carbocycles. The molecule has 1 heterocycles. The standard InChI is InChI=1S/C23H20N4O5S/c28-22-20-12-5-4-11-19(20)21(25-27(22)15-16-7-2-1-3-8-16)18-10-6-9-17(13-18)14-24-33(31,32)26-23(29)30/h1-13,24,26H,14-15H2,(H,29,30). The predicted octanol–water partition coefficient (Wildman–Crippen LogP) is 2.71. The van der Waals surface area contributed by atoms with Crippen molar-refractivity contribution in [2.45, 2.75) is 13.1 Å². The van der Waals surface area contributed by atoms with Crippen molar-refractivity contribution in [3.05, 3.63) is 100 Å². The van der Waals surface area contributed by atoms with E-state index in [9.17, 15) is 18.0 Å². The van der Waals surface area contributed by atoms with E-state index < -0.39 is 16.3 Å². The number of carbonyl (C=O) groups is 1. The first-order chi connectivity index (χ1) is 15.8. The number of aromatic nitrogens is 2. The number of amides is 1. The van der Waals surface area contributed by atoms with E-state index in [1.807, 2.05) is 48.5 Å². The van der Waals surface area contributed by atoms with Gasteiger partial charge >= 0.3 is 16.3 Å². The minimum absolute atomic E-state index is 0.127. The first-order valence-corrected chi connectivity index (χ1v) is 11.4. The molecule has 0 aliphatic heterocycles. The van der Waals surface area contributed by atoms with Crippen LogP contribution in [0.3, 0.4) is 0 Å². The summed E-state index contributed by atoms with van der Waals surface area (Å²) >= 11 is 0. The maximum absolute atomic E-state index is 13.1. The van der Waals surface area contributed by atoms with E-state index in [-0.39, 0.29) is 12.1 Å². The van der Waals surface area contributed by atoms with Gasteiger partial charge in [-0.15, -0.1) is 0 Å². The molecular formula is C23H20N4O5S. The van der Waals surface area contributed by atoms with E-state index >= 15 is 0 Å². The number of carboxylic acid groups (broad SMARTS) is 1. The monoisotopic (exact) mass is 464 g/mol. The van der Waals surface area contributed by atoms with Gasteiger partial charge < -0.3 is 5.11 Å². The number of nitrogens with one attached hydrogen (secondary N) is 2. The summed E-state index contributed by atoms with van der Waals surface area (Å²) in [5, 5.41) is 14.5. The van der Waals surface area contributed by atoms with E-state index in [1.54, 1.807) is 30.3 Å². The first kappa shape index (κ1) is 22.2. The van der Waals surface area contributed by atoms with Gasteiger partial charge in [0.2, 0.25) is 0 Å². The zero-order valence-electron chi connectivity index (χ0n) is 17.3. The van der Waals surface area contributed by atoms with Crippen LogP contribution in [0.15, 0.2) is 83.7 Å². The molecule has 0 saturated carbocycles. The quantitative estimate of drug-likeness (QED) is 0.386. The van der Waals surface area contributed by atoms with Crippen LogP contribution in [0.5, 0.6) is 0 Å². The molecule has 168 valence electrons. The van der Waals surface area contributed by atoms with E-state index in [4.69, 9.17) is 5.11 Å². The highest BCUT2D eigenvalue weighted by molar-refractivity contribution is 7.88. The Hall–Kier alpha value is -4.02. The summed E-state index contributed by atoms with van der Waals surface area (Å²) < 4.78 is 28.5. The van der Waals surface area contributed by atoms with Crippen molar-refractivity contribution in [1.82, 2.24) is 19.2 Å². The molecule has 1 amide bonds. The topological polar surface area (TPSA) is 130 Å². The second-order valence-electron chi connectivity index (χ2n) is 7.27. The molecule has 4 rings (SSSR count). The summed E-state index contributed by atoms with van der Waals surface area (Å²) in [5.41, 5.74) is 2.59. The van der Waals surface area contributed by atoms with Crippen molar-refractivity contribution in [2.24, 2.45) is 0 Å². The lowest BCUT2D eigenvalue weighted by Gasteiger charge is -2.12. The summed E-state index contributed by atoms with van der Waals surface area (Å²) in [6, 6.07) is 23.7. The fourth-order valence-electron chi connectivity index (χ4n) is 3.47. The Morgan fingerprint density at radius 1 is 0.909 bits per heavy atom. The van der Waals surface area contributed by atoms with E-state index in [0.717, 1.165) is 5.56 Å². The summed E-state index contributed by atoms with van der Waals surface area (Å²) in [5.74, 6) is 0. The third kappa shape index (κ3) is 5.25. The molecule has 1 aromatic heterocycles. The molecule has 9 nitrogen and oxygen atoms in total. The lowest BCUT2D eigenvalue weighted by Crippen LogP contribution is -2.39. The number of rotatable bonds is 7. The first-order valence-electron chi connectivity index (χ1n) is 9.96. The molecule has 10 heteroatoms. The SMILES string of the molecule is O=C(O)NS(=O)(=O)NCc1cccc(-c2nn(Cc3ccccc3)c(=O)c3ccccc23)c1. The zero-order chi connectivity index (χ0) is 23.4. The predicted molar refractivity (Wildman–Crippen MR) is 124 cm³/mol. The van der Waals surface area contributed by atoms with Gasteiger partial charge in [0, 0.05) is 17.5 Å². The van der Waals surface area contributed by atoms with Gasteiger partial charge in [-0.05, 0) is 23.3 Å². The Labute approximate surface area is 189 Å². The van der Waals surface area contributed by atoms with Crippen LogP contribution >= 0.6 is 0 Å². The number of hydrogen-bond donors (Lipinski definition) is 3.